The van der Waals surface area contributed by atoms with Crippen LogP contribution < -0.4 is 4.83 Å². The van der Waals surface area contributed by atoms with Crippen LogP contribution in [0.3, 0.4) is 0 Å². The topological polar surface area (TPSA) is 55.4 Å². The van der Waals surface area contributed by atoms with Crippen LogP contribution in [0.2, 0.25) is 0 Å². The lowest BCUT2D eigenvalue weighted by Gasteiger charge is -2.17. The molecule has 1 aliphatic rings. The number of alkyl halides is 1. The van der Waals surface area contributed by atoms with Crippen LogP contribution in [0.1, 0.15) is 12.8 Å². The van der Waals surface area contributed by atoms with Gasteiger partial charge in [0.05, 0.1) is 17.2 Å². The smallest absolute Gasteiger partial charge is 0.240 e. The zero-order valence-corrected chi connectivity index (χ0v) is 8.16. The van der Waals surface area contributed by atoms with Gasteiger partial charge in [-0.05, 0) is 11.3 Å². The van der Waals surface area contributed by atoms with E-state index in [2.05, 4.69) is 4.83 Å². The van der Waals surface area contributed by atoms with Gasteiger partial charge in [-0.25, -0.2) is 5.01 Å². The fourth-order valence-corrected chi connectivity index (χ4v) is 2.07. The molecule has 0 aromatic rings. The van der Waals surface area contributed by atoms with Crippen LogP contribution in [0.4, 0.5) is 0 Å². The average molecular weight is 211 g/mol. The summed E-state index contributed by atoms with van der Waals surface area (Å²) in [7, 11) is 0. The SMILES string of the molecule is O=C1CCCN1N[S+]([O-])CCCl. The molecule has 1 saturated heterocycles. The highest BCUT2D eigenvalue weighted by Gasteiger charge is 2.23. The number of hydrogen-bond donors (Lipinski definition) is 1. The van der Waals surface area contributed by atoms with Gasteiger partial charge in [0.2, 0.25) is 5.91 Å². The van der Waals surface area contributed by atoms with Gasteiger partial charge < -0.3 is 4.55 Å². The molecule has 0 aromatic carbocycles. The number of nitrogens with zero attached hydrogens (tertiary/aromatic N) is 1. The number of carbonyl (C=O) groups is 1. The number of hydrogen-bond acceptors (Lipinski definition) is 3. The van der Waals surface area contributed by atoms with Crippen molar-refractivity contribution in [2.75, 3.05) is 18.2 Å². The van der Waals surface area contributed by atoms with Crippen molar-refractivity contribution in [3.05, 3.63) is 0 Å². The van der Waals surface area contributed by atoms with E-state index in [4.69, 9.17) is 11.6 Å². The zero-order chi connectivity index (χ0) is 8.97. The molecule has 12 heavy (non-hydrogen) atoms. The van der Waals surface area contributed by atoms with Crippen molar-refractivity contribution in [3.8, 4) is 0 Å². The molecule has 1 unspecified atom stereocenters. The highest BCUT2D eigenvalue weighted by molar-refractivity contribution is 7.89. The van der Waals surface area contributed by atoms with Gasteiger partial charge in [0.15, 0.2) is 0 Å². The average Bonchev–Trinajstić information content (AvgIpc) is 2.37. The molecule has 6 heteroatoms. The Balaban J connectivity index is 2.25. The van der Waals surface area contributed by atoms with E-state index < -0.39 is 11.4 Å². The lowest BCUT2D eigenvalue weighted by molar-refractivity contribution is -0.128. The maximum atomic E-state index is 11.1. The van der Waals surface area contributed by atoms with E-state index >= 15 is 0 Å². The molecule has 0 aromatic heterocycles. The second-order valence-corrected chi connectivity index (χ2v) is 4.14. The van der Waals surface area contributed by atoms with Crippen molar-refractivity contribution >= 4 is 28.9 Å². The van der Waals surface area contributed by atoms with Crippen LogP contribution in [-0.2, 0) is 16.2 Å². The van der Waals surface area contributed by atoms with Crippen LogP contribution in [0.15, 0.2) is 0 Å². The maximum absolute atomic E-state index is 11.1. The molecule has 0 spiro atoms. The highest BCUT2D eigenvalue weighted by Crippen LogP contribution is 2.07. The molecule has 0 aliphatic carbocycles. The number of amides is 1. The van der Waals surface area contributed by atoms with Crippen LogP contribution in [0.25, 0.3) is 0 Å². The van der Waals surface area contributed by atoms with Gasteiger partial charge in [0.1, 0.15) is 5.75 Å². The van der Waals surface area contributed by atoms with Crippen LogP contribution in [0.5, 0.6) is 0 Å². The molecule has 1 heterocycles. The molecule has 1 rings (SSSR count). The summed E-state index contributed by atoms with van der Waals surface area (Å²) >= 11 is 4.17. The predicted molar refractivity (Wildman–Crippen MR) is 47.8 cm³/mol. The fourth-order valence-electron chi connectivity index (χ4n) is 0.983. The third-order valence-corrected chi connectivity index (χ3v) is 2.96. The zero-order valence-electron chi connectivity index (χ0n) is 6.59. The van der Waals surface area contributed by atoms with Crippen molar-refractivity contribution < 1.29 is 9.35 Å². The number of rotatable bonds is 4. The predicted octanol–water partition coefficient (Wildman–Crippen LogP) is 0.0159. The molecular weight excluding hydrogens is 200 g/mol. The molecule has 1 fully saturated rings. The maximum Gasteiger partial charge on any atom is 0.240 e. The minimum atomic E-state index is -1.21. The lowest BCUT2D eigenvalue weighted by Crippen LogP contribution is -2.44. The fraction of sp³-hybridized carbons (Fsp3) is 0.833. The Hall–Kier alpha value is 0.0300. The standard InChI is InChI=1S/C6H11ClN2O2S/c7-3-5-12(11)8-9-4-1-2-6(9)10/h8H,1-5H2. The van der Waals surface area contributed by atoms with E-state index in [1.807, 2.05) is 0 Å². The molecule has 1 N–H and O–H groups in total. The number of carbonyl (C=O) groups excluding carboxylic acids is 1. The van der Waals surface area contributed by atoms with Crippen molar-refractivity contribution in [3.63, 3.8) is 0 Å². The number of halogens is 1. The molecule has 0 bridgehead atoms. The van der Waals surface area contributed by atoms with E-state index in [0.29, 0.717) is 24.6 Å². The molecule has 4 nitrogen and oxygen atoms in total. The molecule has 1 amide bonds. The molecule has 1 atom stereocenters. The van der Waals surface area contributed by atoms with Crippen LogP contribution in [-0.4, -0.2) is 33.6 Å². The van der Waals surface area contributed by atoms with Gasteiger partial charge in [-0.2, -0.15) is 0 Å². The second-order valence-electron chi connectivity index (χ2n) is 2.48. The van der Waals surface area contributed by atoms with Gasteiger partial charge in [0.25, 0.3) is 0 Å². The van der Waals surface area contributed by atoms with Crippen LogP contribution >= 0.6 is 11.6 Å². The van der Waals surface area contributed by atoms with E-state index in [1.54, 1.807) is 0 Å². The van der Waals surface area contributed by atoms with Gasteiger partial charge in [-0.3, -0.25) is 4.79 Å². The summed E-state index contributed by atoms with van der Waals surface area (Å²) in [6.07, 6.45) is 1.38. The van der Waals surface area contributed by atoms with E-state index in [9.17, 15) is 9.35 Å². The van der Waals surface area contributed by atoms with Crippen molar-refractivity contribution in [2.45, 2.75) is 12.8 Å². The van der Waals surface area contributed by atoms with Gasteiger partial charge in [0, 0.05) is 13.0 Å². The third kappa shape index (κ3) is 2.82. The van der Waals surface area contributed by atoms with Crippen molar-refractivity contribution in [1.82, 2.24) is 9.84 Å². The minimum Gasteiger partial charge on any atom is -0.597 e. The summed E-state index contributed by atoms with van der Waals surface area (Å²) in [6, 6.07) is 0. The Kier molecular flexibility index (Phi) is 4.14. The lowest BCUT2D eigenvalue weighted by atomic mass is 10.4. The van der Waals surface area contributed by atoms with Gasteiger partial charge >= 0.3 is 0 Å². The Morgan fingerprint density at radius 3 is 3.00 bits per heavy atom. The third-order valence-electron chi connectivity index (χ3n) is 1.55. The first-order chi connectivity index (χ1) is 5.74. The van der Waals surface area contributed by atoms with E-state index in [0.717, 1.165) is 6.42 Å². The Labute approximate surface area is 79.5 Å². The highest BCUT2D eigenvalue weighted by atomic mass is 35.5. The molecular formula is C6H11ClN2O2S. The number of nitrogens with one attached hydrogen (secondary N) is 1. The summed E-state index contributed by atoms with van der Waals surface area (Å²) in [5, 5.41) is 1.41. The summed E-state index contributed by atoms with van der Waals surface area (Å²) in [4.78, 5) is 13.6. The molecule has 0 saturated carbocycles. The Morgan fingerprint density at radius 2 is 2.50 bits per heavy atom. The second kappa shape index (κ2) is 4.91. The van der Waals surface area contributed by atoms with E-state index in [-0.39, 0.29) is 5.91 Å². The first-order valence-electron chi connectivity index (χ1n) is 3.75. The molecule has 70 valence electrons. The summed E-state index contributed by atoms with van der Waals surface area (Å²) in [5.74, 6) is 0.713. The first kappa shape index (κ1) is 10.1. The summed E-state index contributed by atoms with van der Waals surface area (Å²) in [6.45, 7) is 0.646. The summed E-state index contributed by atoms with van der Waals surface area (Å²) < 4.78 is 11.1. The molecule has 1 aliphatic heterocycles. The monoisotopic (exact) mass is 210 g/mol. The normalized spacial score (nSPS) is 20.2. The van der Waals surface area contributed by atoms with Crippen molar-refractivity contribution in [1.29, 1.82) is 0 Å². The minimum absolute atomic E-state index is 0.0120. The molecule has 0 radical (unpaired) electrons. The van der Waals surface area contributed by atoms with Crippen LogP contribution in [0, 0.1) is 0 Å². The van der Waals surface area contributed by atoms with Gasteiger partial charge in [-0.15, -0.1) is 11.6 Å². The van der Waals surface area contributed by atoms with Crippen molar-refractivity contribution in [2.24, 2.45) is 0 Å². The Bertz CT molecular complexity index is 170. The quantitative estimate of drug-likeness (QED) is 0.526. The Morgan fingerprint density at radius 1 is 1.75 bits per heavy atom. The first-order valence-corrected chi connectivity index (χ1v) is 5.60. The van der Waals surface area contributed by atoms with Gasteiger partial charge in [-0.1, -0.05) is 0 Å². The number of hydrazine groups is 1. The largest absolute Gasteiger partial charge is 0.597 e. The van der Waals surface area contributed by atoms with E-state index in [1.165, 1.54) is 5.01 Å². The summed E-state index contributed by atoms with van der Waals surface area (Å²) in [5.41, 5.74) is 0.